The molecule has 0 N–H and O–H groups in total. The maximum absolute atomic E-state index is 13.9. The maximum atomic E-state index is 13.9. The van der Waals surface area contributed by atoms with E-state index in [0.717, 1.165) is 5.01 Å². The van der Waals surface area contributed by atoms with E-state index < -0.39 is 29.5 Å². The molecule has 13 heteroatoms. The Morgan fingerprint density at radius 2 is 1.27 bits per heavy atom. The molecule has 4 rings (SSSR count). The first kappa shape index (κ1) is 28.7. The van der Waals surface area contributed by atoms with Crippen LogP contribution in [-0.4, -0.2) is 39.6 Å². The number of Topliss-reactive ketones (excluding diaryl/α,β-unsaturated/α-hetero) is 1. The van der Waals surface area contributed by atoms with Crippen molar-refractivity contribution in [2.45, 2.75) is 13.0 Å². The average Bonchev–Trinajstić information content (AvgIpc) is 3.11. The highest BCUT2D eigenvalue weighted by Crippen LogP contribution is 2.46. The molecule has 0 saturated carbocycles. The van der Waals surface area contributed by atoms with Gasteiger partial charge in [-0.1, -0.05) is 34.8 Å². The quantitative estimate of drug-likeness (QED) is 0.112. The summed E-state index contributed by atoms with van der Waals surface area (Å²) in [5.41, 5.74) is 0.191. The summed E-state index contributed by atoms with van der Waals surface area (Å²) in [4.78, 5) is 54.8. The Labute approximate surface area is 259 Å². The van der Waals surface area contributed by atoms with Crippen LogP contribution in [0.15, 0.2) is 60.4 Å². The normalized spacial score (nSPS) is 13.6. The van der Waals surface area contributed by atoms with E-state index in [1.54, 1.807) is 0 Å². The van der Waals surface area contributed by atoms with Crippen LogP contribution in [0.3, 0.4) is 0 Å². The van der Waals surface area contributed by atoms with Crippen LogP contribution in [0, 0.1) is 0 Å². The van der Waals surface area contributed by atoms with Crippen molar-refractivity contribution in [2.24, 2.45) is 0 Å². The summed E-state index contributed by atoms with van der Waals surface area (Å²) in [7, 11) is 0. The lowest BCUT2D eigenvalue weighted by atomic mass is 10.0. The third-order valence-corrected chi connectivity index (χ3v) is 11.1. The first-order chi connectivity index (χ1) is 17.4. The molecule has 0 aliphatic carbocycles. The third kappa shape index (κ3) is 5.06. The second-order valence-electron chi connectivity index (χ2n) is 7.75. The van der Waals surface area contributed by atoms with E-state index in [9.17, 15) is 19.2 Å². The van der Waals surface area contributed by atoms with Gasteiger partial charge in [0.1, 0.15) is 6.04 Å². The highest BCUT2D eigenvalue weighted by Gasteiger charge is 2.48. The number of nitrogens with zero attached hydrogens (tertiary/aromatic N) is 2. The summed E-state index contributed by atoms with van der Waals surface area (Å²) in [5.74, 6) is -3.01. The van der Waals surface area contributed by atoms with Gasteiger partial charge in [-0.25, -0.2) is 5.01 Å². The Bertz CT molecular complexity index is 1470. The fourth-order valence-corrected chi connectivity index (χ4v) is 6.80. The number of fused-ring (bicyclic) bond motifs is 1. The predicted octanol–water partition coefficient (Wildman–Crippen LogP) is 8.62. The summed E-state index contributed by atoms with van der Waals surface area (Å²) in [5, 5.41) is 2.15. The van der Waals surface area contributed by atoms with Crippen molar-refractivity contribution in [2.75, 3.05) is 0 Å². The standard InChI is InChI=1S/C24H11Br4Cl3N2O4/c1-9(21(34)10-2-4-11(29)5-3-10)32(22(35)13-7-6-12(30)8-14(13)31)33-23(36)15-16(24(33)37)18(26)20(28)19(27)17(15)25/h2-9H,1H3/t9-/m0/s1. The lowest BCUT2D eigenvalue weighted by molar-refractivity contribution is -0.00684. The smallest absolute Gasteiger partial charge is 0.282 e. The molecule has 0 aromatic heterocycles. The summed E-state index contributed by atoms with van der Waals surface area (Å²) in [6, 6.07) is 8.87. The van der Waals surface area contributed by atoms with Crippen LogP contribution in [0.4, 0.5) is 0 Å². The molecule has 1 aliphatic heterocycles. The SMILES string of the molecule is C[C@@H](C(=O)c1ccc(Cl)cc1)N(C(=O)c1ccc(Cl)cc1Cl)N1C(=O)c2c(Br)c(Br)c(Br)c(Br)c2C1=O. The molecule has 0 bridgehead atoms. The van der Waals surface area contributed by atoms with Crippen molar-refractivity contribution < 1.29 is 19.2 Å². The third-order valence-electron chi connectivity index (χ3n) is 5.54. The van der Waals surface area contributed by atoms with Crippen LogP contribution in [0.25, 0.3) is 0 Å². The van der Waals surface area contributed by atoms with Crippen molar-refractivity contribution in [1.29, 1.82) is 0 Å². The minimum atomic E-state index is -1.30. The Balaban J connectivity index is 1.89. The summed E-state index contributed by atoms with van der Waals surface area (Å²) in [6.45, 7) is 1.41. The van der Waals surface area contributed by atoms with E-state index >= 15 is 0 Å². The van der Waals surface area contributed by atoms with Gasteiger partial charge < -0.3 is 0 Å². The van der Waals surface area contributed by atoms with Crippen LogP contribution in [0.2, 0.25) is 15.1 Å². The van der Waals surface area contributed by atoms with Gasteiger partial charge in [-0.2, -0.15) is 5.01 Å². The lowest BCUT2D eigenvalue weighted by Crippen LogP contribution is -2.56. The largest absolute Gasteiger partial charge is 0.292 e. The number of hydrogen-bond acceptors (Lipinski definition) is 4. The number of ketones is 1. The average molecular weight is 817 g/mol. The second-order valence-corrected chi connectivity index (χ2v) is 12.2. The minimum absolute atomic E-state index is 0.0121. The van der Waals surface area contributed by atoms with Crippen LogP contribution < -0.4 is 0 Å². The number of hydrazine groups is 1. The topological polar surface area (TPSA) is 74.8 Å². The molecule has 0 saturated heterocycles. The number of amides is 3. The molecule has 0 radical (unpaired) electrons. The minimum Gasteiger partial charge on any atom is -0.292 e. The van der Waals surface area contributed by atoms with Crippen LogP contribution >= 0.6 is 98.5 Å². The number of carbonyl (C=O) groups is 4. The Morgan fingerprint density at radius 3 is 1.76 bits per heavy atom. The molecule has 0 unspecified atom stereocenters. The van der Waals surface area contributed by atoms with E-state index in [4.69, 9.17) is 34.8 Å². The molecule has 3 amide bonds. The van der Waals surface area contributed by atoms with E-state index in [1.807, 2.05) is 0 Å². The first-order valence-corrected chi connectivity index (χ1v) is 14.5. The van der Waals surface area contributed by atoms with Gasteiger partial charge in [0, 0.05) is 33.5 Å². The molecule has 1 heterocycles. The first-order valence-electron chi connectivity index (χ1n) is 10.2. The number of halogens is 7. The molecule has 1 aliphatic rings. The van der Waals surface area contributed by atoms with Crippen molar-refractivity contribution in [3.63, 3.8) is 0 Å². The summed E-state index contributed by atoms with van der Waals surface area (Å²) < 4.78 is 1.55. The van der Waals surface area contributed by atoms with Gasteiger partial charge in [-0.05, 0) is 113 Å². The number of carbonyl (C=O) groups excluding carboxylic acids is 4. The van der Waals surface area contributed by atoms with Gasteiger partial charge in [0.05, 0.1) is 21.7 Å². The molecule has 3 aromatic rings. The molecule has 1 atom stereocenters. The molecule has 37 heavy (non-hydrogen) atoms. The number of imide groups is 1. The number of rotatable bonds is 5. The highest BCUT2D eigenvalue weighted by molar-refractivity contribution is 9.15. The molecule has 190 valence electrons. The lowest BCUT2D eigenvalue weighted by Gasteiger charge is -2.34. The Morgan fingerprint density at radius 1 is 0.784 bits per heavy atom. The molecular weight excluding hydrogens is 806 g/mol. The molecule has 3 aromatic carbocycles. The maximum Gasteiger partial charge on any atom is 0.282 e. The Hall–Kier alpha value is -1.27. The van der Waals surface area contributed by atoms with E-state index in [2.05, 4.69) is 63.7 Å². The van der Waals surface area contributed by atoms with Crippen LogP contribution in [0.1, 0.15) is 48.4 Å². The molecular formula is C24H11Br4Cl3N2O4. The van der Waals surface area contributed by atoms with Gasteiger partial charge >= 0.3 is 0 Å². The zero-order chi connectivity index (χ0) is 27.3. The van der Waals surface area contributed by atoms with Crippen LogP contribution in [0.5, 0.6) is 0 Å². The van der Waals surface area contributed by atoms with Crippen molar-refractivity contribution >= 4 is 122 Å². The summed E-state index contributed by atoms with van der Waals surface area (Å²) >= 11 is 31.7. The zero-order valence-electron chi connectivity index (χ0n) is 18.3. The van der Waals surface area contributed by atoms with E-state index in [1.165, 1.54) is 49.4 Å². The van der Waals surface area contributed by atoms with Crippen LogP contribution in [-0.2, 0) is 0 Å². The summed E-state index contributed by atoms with van der Waals surface area (Å²) in [6.07, 6.45) is 0. The van der Waals surface area contributed by atoms with Crippen molar-refractivity contribution in [3.05, 3.63) is 97.7 Å². The van der Waals surface area contributed by atoms with Gasteiger partial charge in [0.15, 0.2) is 5.78 Å². The predicted molar refractivity (Wildman–Crippen MR) is 156 cm³/mol. The zero-order valence-corrected chi connectivity index (χ0v) is 26.9. The fourth-order valence-electron chi connectivity index (χ4n) is 3.73. The monoisotopic (exact) mass is 812 g/mol. The number of hydrogen-bond donors (Lipinski definition) is 0. The molecule has 0 fully saturated rings. The van der Waals surface area contributed by atoms with Crippen molar-refractivity contribution in [1.82, 2.24) is 10.0 Å². The fraction of sp³-hybridized carbons (Fsp3) is 0.0833. The Kier molecular flexibility index (Phi) is 8.60. The van der Waals surface area contributed by atoms with Gasteiger partial charge in [-0.3, -0.25) is 19.2 Å². The van der Waals surface area contributed by atoms with Gasteiger partial charge in [-0.15, -0.1) is 0 Å². The van der Waals surface area contributed by atoms with E-state index in [0.29, 0.717) is 27.9 Å². The van der Waals surface area contributed by atoms with Gasteiger partial charge in [0.2, 0.25) is 0 Å². The van der Waals surface area contributed by atoms with Gasteiger partial charge in [0.25, 0.3) is 17.7 Å². The van der Waals surface area contributed by atoms with Crippen molar-refractivity contribution in [3.8, 4) is 0 Å². The highest BCUT2D eigenvalue weighted by atomic mass is 79.9. The second kappa shape index (κ2) is 11.1. The van der Waals surface area contributed by atoms with E-state index in [-0.39, 0.29) is 32.3 Å². The molecule has 0 spiro atoms. The number of benzene rings is 3. The molecule has 6 nitrogen and oxygen atoms in total.